The topological polar surface area (TPSA) is 101 Å². The molecule has 3 aromatic carbocycles. The van der Waals surface area contributed by atoms with Crippen molar-refractivity contribution in [1.29, 1.82) is 0 Å². The number of methoxy groups -OCH3 is 1. The lowest BCUT2D eigenvalue weighted by Gasteiger charge is -2.18. The van der Waals surface area contributed by atoms with Crippen LogP contribution in [0.4, 0.5) is 4.39 Å². The van der Waals surface area contributed by atoms with Gasteiger partial charge < -0.3 is 10.5 Å². The molecule has 8 nitrogen and oxygen atoms in total. The average Bonchev–Trinajstić information content (AvgIpc) is 2.87. The molecule has 0 amide bonds. The van der Waals surface area contributed by atoms with E-state index in [1.54, 1.807) is 36.4 Å². The Morgan fingerprint density at radius 3 is 2.22 bits per heavy atom. The lowest BCUT2D eigenvalue weighted by Crippen LogP contribution is -2.55. The van der Waals surface area contributed by atoms with Gasteiger partial charge in [0.25, 0.3) is 0 Å². The summed E-state index contributed by atoms with van der Waals surface area (Å²) < 4.78 is 22.1. The number of ether oxygens (including phenoxy) is 1. The third-order valence-electron chi connectivity index (χ3n) is 5.69. The van der Waals surface area contributed by atoms with E-state index >= 15 is 0 Å². The fourth-order valence-corrected chi connectivity index (χ4v) is 4.31. The van der Waals surface area contributed by atoms with Gasteiger partial charge in [-0.2, -0.15) is 0 Å². The van der Waals surface area contributed by atoms with Gasteiger partial charge in [0, 0.05) is 16.6 Å². The molecule has 0 saturated heterocycles. The fraction of sp³-hybridized carbons (Fsp3) is 0.160. The number of nitrogens with zero attached hydrogens (tertiary/aromatic N) is 3. The molecule has 4 aromatic rings. The number of benzene rings is 3. The lowest BCUT2D eigenvalue weighted by atomic mass is 10.1. The minimum atomic E-state index is -1.02. The van der Waals surface area contributed by atoms with Gasteiger partial charge >= 0.3 is 17.1 Å². The highest BCUT2D eigenvalue weighted by Gasteiger charge is 2.23. The Labute approximate surface area is 214 Å². The quantitative estimate of drug-likeness (QED) is 0.394. The maximum atomic E-state index is 14.6. The van der Waals surface area contributed by atoms with Gasteiger partial charge in [-0.05, 0) is 29.8 Å². The molecule has 0 bridgehead atoms. The first-order chi connectivity index (χ1) is 17.2. The molecule has 0 spiro atoms. The molecule has 1 aromatic heterocycles. The van der Waals surface area contributed by atoms with Crippen LogP contribution in [0.3, 0.4) is 0 Å². The van der Waals surface area contributed by atoms with Crippen molar-refractivity contribution in [2.75, 3.05) is 7.11 Å². The van der Waals surface area contributed by atoms with Crippen LogP contribution in [0.2, 0.25) is 10.0 Å². The Morgan fingerprint density at radius 2 is 1.56 bits per heavy atom. The summed E-state index contributed by atoms with van der Waals surface area (Å²) in [7, 11) is 1.38. The van der Waals surface area contributed by atoms with Gasteiger partial charge in [0.05, 0.1) is 25.9 Å². The van der Waals surface area contributed by atoms with E-state index in [0.29, 0.717) is 5.56 Å². The first-order valence-electron chi connectivity index (χ1n) is 10.8. The number of rotatable bonds is 7. The van der Waals surface area contributed by atoms with Crippen LogP contribution in [0.1, 0.15) is 17.2 Å². The van der Waals surface area contributed by atoms with Crippen LogP contribution >= 0.6 is 23.2 Å². The summed E-state index contributed by atoms with van der Waals surface area (Å²) >= 11 is 12.6. The molecule has 0 saturated carbocycles. The first kappa shape index (κ1) is 25.4. The molecule has 186 valence electrons. The molecule has 0 aliphatic rings. The van der Waals surface area contributed by atoms with Gasteiger partial charge in [0.2, 0.25) is 0 Å². The van der Waals surface area contributed by atoms with Gasteiger partial charge in [0.15, 0.2) is 0 Å². The Bertz CT molecular complexity index is 1580. The number of hydrogen-bond acceptors (Lipinski definition) is 5. The van der Waals surface area contributed by atoms with Crippen molar-refractivity contribution in [2.24, 2.45) is 5.73 Å². The standard InChI is InChI=1S/C25H21Cl2FN4O4/c1-36-21-12-6-11-20(22(21)27)32-24(34)30(13-16-17(26)9-5-10-18(16)28)23(33)31(25(32)35)14-19(29)15-7-3-2-4-8-15/h2-12,19H,13-14,29H2,1H3. The van der Waals surface area contributed by atoms with E-state index in [4.69, 9.17) is 33.7 Å². The Kier molecular flexibility index (Phi) is 7.44. The van der Waals surface area contributed by atoms with Crippen molar-refractivity contribution >= 4 is 23.2 Å². The molecule has 1 atom stereocenters. The predicted octanol–water partition coefficient (Wildman–Crippen LogP) is 3.36. The Balaban J connectivity index is 1.99. The van der Waals surface area contributed by atoms with Crippen molar-refractivity contribution in [2.45, 2.75) is 19.1 Å². The van der Waals surface area contributed by atoms with Gasteiger partial charge in [0.1, 0.15) is 16.6 Å². The first-order valence-corrected chi connectivity index (χ1v) is 11.5. The number of nitrogens with two attached hydrogens (primary N) is 1. The zero-order valence-electron chi connectivity index (χ0n) is 19.0. The van der Waals surface area contributed by atoms with Crippen LogP contribution in [-0.2, 0) is 13.1 Å². The second kappa shape index (κ2) is 10.5. The van der Waals surface area contributed by atoms with Gasteiger partial charge in [-0.1, -0.05) is 65.7 Å². The molecular formula is C25H21Cl2FN4O4. The van der Waals surface area contributed by atoms with Crippen molar-refractivity contribution in [1.82, 2.24) is 13.7 Å². The largest absolute Gasteiger partial charge is 0.495 e. The third-order valence-corrected chi connectivity index (χ3v) is 6.43. The van der Waals surface area contributed by atoms with E-state index in [1.807, 2.05) is 0 Å². The highest BCUT2D eigenvalue weighted by Crippen LogP contribution is 2.29. The summed E-state index contributed by atoms with van der Waals surface area (Å²) in [5, 5.41) is -0.00164. The molecule has 1 unspecified atom stereocenters. The second-order valence-corrected chi connectivity index (χ2v) is 8.68. The molecule has 0 radical (unpaired) electrons. The molecule has 0 aliphatic heterocycles. The number of halogens is 3. The highest BCUT2D eigenvalue weighted by molar-refractivity contribution is 6.33. The smallest absolute Gasteiger partial charge is 0.341 e. The monoisotopic (exact) mass is 530 g/mol. The maximum Gasteiger partial charge on any atom is 0.341 e. The summed E-state index contributed by atoms with van der Waals surface area (Å²) in [6.07, 6.45) is 0. The molecule has 4 rings (SSSR count). The SMILES string of the molecule is COc1cccc(-n2c(=O)n(Cc3c(F)cccc3Cl)c(=O)n(CC(N)c3ccccc3)c2=O)c1Cl. The van der Waals surface area contributed by atoms with Gasteiger partial charge in [-0.15, -0.1) is 0 Å². The minimum absolute atomic E-state index is 0.0126. The third kappa shape index (κ3) is 4.73. The molecule has 0 fully saturated rings. The maximum absolute atomic E-state index is 14.6. The van der Waals surface area contributed by atoms with Crippen LogP contribution in [0.25, 0.3) is 5.69 Å². The lowest BCUT2D eigenvalue weighted by molar-refractivity contribution is 0.414. The van der Waals surface area contributed by atoms with E-state index in [-0.39, 0.29) is 33.6 Å². The summed E-state index contributed by atoms with van der Waals surface area (Å²) in [4.78, 5) is 40.5. The van der Waals surface area contributed by atoms with E-state index in [9.17, 15) is 18.8 Å². The van der Waals surface area contributed by atoms with Crippen molar-refractivity contribution in [3.63, 3.8) is 0 Å². The van der Waals surface area contributed by atoms with E-state index in [0.717, 1.165) is 19.8 Å². The molecule has 1 heterocycles. The van der Waals surface area contributed by atoms with Gasteiger partial charge in [-0.25, -0.2) is 32.5 Å². The van der Waals surface area contributed by atoms with Crippen molar-refractivity contribution in [3.8, 4) is 11.4 Å². The summed E-state index contributed by atoms with van der Waals surface area (Å²) in [6, 6.07) is 16.6. The number of aromatic nitrogens is 3. The predicted molar refractivity (Wildman–Crippen MR) is 136 cm³/mol. The summed E-state index contributed by atoms with van der Waals surface area (Å²) in [5.74, 6) is -0.499. The summed E-state index contributed by atoms with van der Waals surface area (Å²) in [5.41, 5.74) is 3.92. The Morgan fingerprint density at radius 1 is 0.889 bits per heavy atom. The molecular weight excluding hydrogens is 510 g/mol. The number of hydrogen-bond donors (Lipinski definition) is 1. The average molecular weight is 531 g/mol. The van der Waals surface area contributed by atoms with Crippen molar-refractivity contribution < 1.29 is 9.13 Å². The van der Waals surface area contributed by atoms with Crippen LogP contribution in [-0.4, -0.2) is 20.8 Å². The van der Waals surface area contributed by atoms with Crippen LogP contribution in [0.5, 0.6) is 5.75 Å². The Hall–Kier alpha value is -3.66. The second-order valence-electron chi connectivity index (χ2n) is 7.89. The summed E-state index contributed by atoms with van der Waals surface area (Å²) in [6.45, 7) is -0.778. The molecule has 36 heavy (non-hydrogen) atoms. The minimum Gasteiger partial charge on any atom is -0.495 e. The molecule has 0 aliphatic carbocycles. The van der Waals surface area contributed by atoms with Crippen LogP contribution < -0.4 is 27.5 Å². The van der Waals surface area contributed by atoms with Crippen molar-refractivity contribution in [3.05, 3.63) is 125 Å². The molecule has 2 N–H and O–H groups in total. The molecule has 11 heteroatoms. The zero-order valence-corrected chi connectivity index (χ0v) is 20.5. The fourth-order valence-electron chi connectivity index (χ4n) is 3.80. The zero-order chi connectivity index (χ0) is 26.0. The van der Waals surface area contributed by atoms with E-state index in [1.165, 1.54) is 31.4 Å². The van der Waals surface area contributed by atoms with Gasteiger partial charge in [-0.3, -0.25) is 0 Å². The normalized spacial score (nSPS) is 11.9. The van der Waals surface area contributed by atoms with E-state index < -0.39 is 35.5 Å². The van der Waals surface area contributed by atoms with E-state index in [2.05, 4.69) is 0 Å². The van der Waals surface area contributed by atoms with Crippen LogP contribution in [0.15, 0.2) is 81.1 Å². The van der Waals surface area contributed by atoms with Crippen LogP contribution in [0, 0.1) is 5.82 Å². The highest BCUT2D eigenvalue weighted by atomic mass is 35.5.